The van der Waals surface area contributed by atoms with Gasteiger partial charge in [-0.3, -0.25) is 0 Å². The molecule has 3 heteroatoms. The molecule has 1 unspecified atom stereocenters. The molecule has 1 rings (SSSR count). The van der Waals surface area contributed by atoms with Crippen LogP contribution in [0.1, 0.15) is 19.4 Å². The third kappa shape index (κ3) is 7.14. The van der Waals surface area contributed by atoms with E-state index in [0.717, 1.165) is 18.0 Å². The Bertz CT molecular complexity index is 385. The van der Waals surface area contributed by atoms with E-state index in [1.807, 2.05) is 12.1 Å². The molecule has 1 aromatic carbocycles. The van der Waals surface area contributed by atoms with Crippen molar-refractivity contribution in [2.45, 2.75) is 52.0 Å². The minimum atomic E-state index is -1.05. The van der Waals surface area contributed by atoms with E-state index in [9.17, 15) is 0 Å². The van der Waals surface area contributed by atoms with Gasteiger partial charge in [-0.2, -0.15) is 0 Å². The van der Waals surface area contributed by atoms with Gasteiger partial charge < -0.3 is 5.32 Å². The lowest BCUT2D eigenvalue weighted by atomic mass is 10.0. The first-order valence-corrected chi connectivity index (χ1v) is 11.3. The molecule has 0 aromatic heterocycles. The zero-order valence-corrected chi connectivity index (χ0v) is 14.7. The number of nitrogens with one attached hydrogen (secondary N) is 1. The maximum Gasteiger partial charge on any atom is 0.0446 e. The summed E-state index contributed by atoms with van der Waals surface area (Å²) < 4.78 is 0. The summed E-state index contributed by atoms with van der Waals surface area (Å²) in [6.45, 7) is 12.8. The molecule has 1 atom stereocenters. The highest BCUT2D eigenvalue weighted by atomic mass is 35.5. The number of benzene rings is 1. The van der Waals surface area contributed by atoms with Crippen LogP contribution in [0, 0.1) is 5.92 Å². The van der Waals surface area contributed by atoms with Crippen LogP contribution >= 0.6 is 11.6 Å². The summed E-state index contributed by atoms with van der Waals surface area (Å²) in [5.41, 5.74) is 1.29. The van der Waals surface area contributed by atoms with Crippen LogP contribution in [0.5, 0.6) is 0 Å². The van der Waals surface area contributed by atoms with Crippen LogP contribution in [0.2, 0.25) is 30.7 Å². The van der Waals surface area contributed by atoms with Crippen molar-refractivity contribution >= 4 is 19.7 Å². The van der Waals surface area contributed by atoms with E-state index in [2.05, 4.69) is 50.9 Å². The highest BCUT2D eigenvalue weighted by molar-refractivity contribution is 6.76. The first-order chi connectivity index (χ1) is 8.78. The van der Waals surface area contributed by atoms with Crippen molar-refractivity contribution in [2.24, 2.45) is 5.92 Å². The molecule has 0 heterocycles. The molecule has 0 saturated heterocycles. The van der Waals surface area contributed by atoms with Gasteiger partial charge in [0, 0.05) is 19.1 Å². The van der Waals surface area contributed by atoms with Crippen molar-refractivity contribution < 1.29 is 0 Å². The first-order valence-electron chi connectivity index (χ1n) is 7.25. The topological polar surface area (TPSA) is 12.0 Å². The summed E-state index contributed by atoms with van der Waals surface area (Å²) in [6, 6.07) is 10.1. The predicted molar refractivity (Wildman–Crippen MR) is 89.9 cm³/mol. The van der Waals surface area contributed by atoms with E-state index < -0.39 is 8.07 Å². The molecule has 0 aliphatic carbocycles. The van der Waals surface area contributed by atoms with E-state index >= 15 is 0 Å². The molecule has 0 aliphatic heterocycles. The number of hydrogen-bond acceptors (Lipinski definition) is 1. The Morgan fingerprint density at radius 1 is 1.16 bits per heavy atom. The highest BCUT2D eigenvalue weighted by Crippen LogP contribution is 2.24. The maximum atomic E-state index is 6.29. The Balaban J connectivity index is 2.70. The van der Waals surface area contributed by atoms with Crippen molar-refractivity contribution in [3.8, 4) is 0 Å². The summed E-state index contributed by atoms with van der Waals surface area (Å²) in [7, 11) is -1.05. The molecular formula is C16H28ClNSi. The molecule has 0 fully saturated rings. The van der Waals surface area contributed by atoms with Gasteiger partial charge in [-0.25, -0.2) is 0 Å². The van der Waals surface area contributed by atoms with E-state index in [0.29, 0.717) is 12.0 Å². The lowest BCUT2D eigenvalue weighted by Gasteiger charge is -2.26. The lowest BCUT2D eigenvalue weighted by molar-refractivity contribution is 0.472. The number of hydrogen-bond donors (Lipinski definition) is 1. The Morgan fingerprint density at radius 3 is 2.32 bits per heavy atom. The second-order valence-corrected chi connectivity index (χ2v) is 12.9. The summed E-state index contributed by atoms with van der Waals surface area (Å²) in [6.07, 6.45) is 1.09. The van der Waals surface area contributed by atoms with Crippen LogP contribution in [-0.4, -0.2) is 20.7 Å². The molecule has 1 aromatic rings. The molecular weight excluding hydrogens is 270 g/mol. The minimum Gasteiger partial charge on any atom is -0.314 e. The summed E-state index contributed by atoms with van der Waals surface area (Å²) in [4.78, 5) is 0. The average Bonchev–Trinajstić information content (AvgIpc) is 2.27. The van der Waals surface area contributed by atoms with Crippen LogP contribution < -0.4 is 5.32 Å². The molecule has 0 spiro atoms. The zero-order valence-electron chi connectivity index (χ0n) is 13.0. The van der Waals surface area contributed by atoms with E-state index in [1.54, 1.807) is 0 Å². The van der Waals surface area contributed by atoms with Gasteiger partial charge in [0.05, 0.1) is 0 Å². The molecule has 0 bridgehead atoms. The van der Waals surface area contributed by atoms with E-state index in [4.69, 9.17) is 11.6 Å². The van der Waals surface area contributed by atoms with Gasteiger partial charge in [0.1, 0.15) is 0 Å². The van der Waals surface area contributed by atoms with Gasteiger partial charge >= 0.3 is 0 Å². The van der Waals surface area contributed by atoms with Gasteiger partial charge in [-0.15, -0.1) is 0 Å². The van der Waals surface area contributed by atoms with Gasteiger partial charge in [0.2, 0.25) is 0 Å². The molecule has 0 aliphatic rings. The van der Waals surface area contributed by atoms with E-state index in [1.165, 1.54) is 11.6 Å². The minimum absolute atomic E-state index is 0.551. The van der Waals surface area contributed by atoms with Crippen LogP contribution in [-0.2, 0) is 6.42 Å². The summed E-state index contributed by atoms with van der Waals surface area (Å²) in [5, 5.41) is 4.50. The fourth-order valence-corrected chi connectivity index (χ4v) is 4.69. The summed E-state index contributed by atoms with van der Waals surface area (Å²) >= 11 is 6.29. The van der Waals surface area contributed by atoms with Crippen molar-refractivity contribution in [3.63, 3.8) is 0 Å². The van der Waals surface area contributed by atoms with Crippen LogP contribution in [0.4, 0.5) is 0 Å². The van der Waals surface area contributed by atoms with E-state index in [-0.39, 0.29) is 0 Å². The largest absolute Gasteiger partial charge is 0.314 e. The SMILES string of the molecule is CC(C)NCC(Cc1ccccc1Cl)C[Si](C)(C)C. The normalized spacial score (nSPS) is 13.8. The first kappa shape index (κ1) is 16.7. The maximum absolute atomic E-state index is 6.29. The predicted octanol–water partition coefficient (Wildman–Crippen LogP) is 4.83. The molecule has 0 saturated carbocycles. The van der Waals surface area contributed by atoms with Gasteiger partial charge in [-0.1, -0.05) is 69.3 Å². The summed E-state index contributed by atoms with van der Waals surface area (Å²) in [5.74, 6) is 0.689. The monoisotopic (exact) mass is 297 g/mol. The highest BCUT2D eigenvalue weighted by Gasteiger charge is 2.21. The smallest absolute Gasteiger partial charge is 0.0446 e. The number of rotatable bonds is 7. The fourth-order valence-electron chi connectivity index (χ4n) is 2.46. The standard InChI is InChI=1S/C16H28ClNSi/c1-13(2)18-11-14(12-19(3,4)5)10-15-8-6-7-9-16(15)17/h6-9,13-14,18H,10-12H2,1-5H3. The number of halogens is 1. The fraction of sp³-hybridized carbons (Fsp3) is 0.625. The molecule has 1 N–H and O–H groups in total. The molecule has 19 heavy (non-hydrogen) atoms. The molecule has 108 valence electrons. The second-order valence-electron chi connectivity index (χ2n) is 6.99. The Labute approximate surface area is 124 Å². The average molecular weight is 298 g/mol. The van der Waals surface area contributed by atoms with Crippen LogP contribution in [0.25, 0.3) is 0 Å². The second kappa shape index (κ2) is 7.46. The van der Waals surface area contributed by atoms with Crippen LogP contribution in [0.3, 0.4) is 0 Å². The van der Waals surface area contributed by atoms with Crippen molar-refractivity contribution in [1.29, 1.82) is 0 Å². The zero-order chi connectivity index (χ0) is 14.5. The Morgan fingerprint density at radius 2 is 1.79 bits per heavy atom. The Kier molecular flexibility index (Phi) is 6.58. The third-order valence-electron chi connectivity index (χ3n) is 3.18. The third-order valence-corrected chi connectivity index (χ3v) is 5.35. The molecule has 1 nitrogen and oxygen atoms in total. The van der Waals surface area contributed by atoms with Crippen LogP contribution in [0.15, 0.2) is 24.3 Å². The van der Waals surface area contributed by atoms with Gasteiger partial charge in [0.25, 0.3) is 0 Å². The van der Waals surface area contributed by atoms with Gasteiger partial charge in [0.15, 0.2) is 0 Å². The lowest BCUT2D eigenvalue weighted by Crippen LogP contribution is -2.34. The molecule has 0 amide bonds. The molecule has 0 radical (unpaired) electrons. The quantitative estimate of drug-likeness (QED) is 0.711. The van der Waals surface area contributed by atoms with Crippen molar-refractivity contribution in [1.82, 2.24) is 5.32 Å². The van der Waals surface area contributed by atoms with Gasteiger partial charge in [-0.05, 0) is 30.5 Å². The Hall–Kier alpha value is -0.313. The van der Waals surface area contributed by atoms with Crippen molar-refractivity contribution in [2.75, 3.05) is 6.54 Å². The van der Waals surface area contributed by atoms with Crippen molar-refractivity contribution in [3.05, 3.63) is 34.9 Å².